The summed E-state index contributed by atoms with van der Waals surface area (Å²) in [5.74, 6) is -0.438. The number of anilines is 1. The zero-order valence-corrected chi connectivity index (χ0v) is 19.9. The molecule has 0 saturated heterocycles. The van der Waals surface area contributed by atoms with Crippen molar-refractivity contribution in [3.63, 3.8) is 0 Å². The summed E-state index contributed by atoms with van der Waals surface area (Å²) in [7, 11) is 1.90. The highest BCUT2D eigenvalue weighted by molar-refractivity contribution is 6.09. The minimum Gasteiger partial charge on any atom is -0.359 e. The Morgan fingerprint density at radius 3 is 2.74 bits per heavy atom. The second-order valence-electron chi connectivity index (χ2n) is 8.56. The average molecular weight is 463 g/mol. The van der Waals surface area contributed by atoms with E-state index >= 15 is 0 Å². The Morgan fingerprint density at radius 2 is 2.03 bits per heavy atom. The molecule has 0 aliphatic carbocycles. The number of hydrogen-bond donors (Lipinski definition) is 2. The summed E-state index contributed by atoms with van der Waals surface area (Å²) in [6.07, 6.45) is 5.53. The lowest BCUT2D eigenvalue weighted by atomic mass is 10.0. The number of carbonyl (C=O) groups is 1. The van der Waals surface area contributed by atoms with Crippen LogP contribution in [0.1, 0.15) is 55.8 Å². The predicted molar refractivity (Wildman–Crippen MR) is 132 cm³/mol. The lowest BCUT2D eigenvalue weighted by molar-refractivity contribution is -0.109. The van der Waals surface area contributed by atoms with E-state index in [9.17, 15) is 9.18 Å². The van der Waals surface area contributed by atoms with Gasteiger partial charge in [-0.2, -0.15) is 10.4 Å². The number of rotatable bonds is 11. The molecule has 0 fully saturated rings. The van der Waals surface area contributed by atoms with Gasteiger partial charge in [0, 0.05) is 42.0 Å². The summed E-state index contributed by atoms with van der Waals surface area (Å²) in [6.45, 7) is 4.76. The number of aromatic nitrogens is 2. The first-order chi connectivity index (χ1) is 16.4. The van der Waals surface area contributed by atoms with Crippen LogP contribution in [-0.2, 0) is 11.8 Å². The van der Waals surface area contributed by atoms with Crippen molar-refractivity contribution in [2.24, 2.45) is 7.05 Å². The smallest absolute Gasteiger partial charge is 0.207 e. The van der Waals surface area contributed by atoms with E-state index in [2.05, 4.69) is 17.3 Å². The molecule has 1 unspecified atom stereocenters. The van der Waals surface area contributed by atoms with Crippen molar-refractivity contribution in [3.8, 4) is 6.07 Å². The molecule has 1 aromatic heterocycles. The van der Waals surface area contributed by atoms with Crippen LogP contribution >= 0.6 is 0 Å². The number of benzene rings is 2. The van der Waals surface area contributed by atoms with Crippen LogP contribution in [0, 0.1) is 29.5 Å². The number of amides is 1. The molecule has 34 heavy (non-hydrogen) atoms. The summed E-state index contributed by atoms with van der Waals surface area (Å²) in [5, 5.41) is 26.2. The monoisotopic (exact) mass is 462 g/mol. The normalized spacial score (nSPS) is 11.7. The number of unbranched alkanes of at least 4 members (excludes halogenated alkanes) is 3. The van der Waals surface area contributed by atoms with Crippen molar-refractivity contribution in [3.05, 3.63) is 59.0 Å². The van der Waals surface area contributed by atoms with E-state index in [1.165, 1.54) is 12.1 Å². The highest BCUT2D eigenvalue weighted by Crippen LogP contribution is 2.28. The number of amidine groups is 1. The lowest BCUT2D eigenvalue weighted by Crippen LogP contribution is -2.39. The van der Waals surface area contributed by atoms with Crippen LogP contribution in [0.25, 0.3) is 10.9 Å². The first-order valence-corrected chi connectivity index (χ1v) is 11.6. The molecule has 0 spiro atoms. The van der Waals surface area contributed by atoms with Gasteiger partial charge in [-0.25, -0.2) is 4.39 Å². The standard InChI is InChI=1S/C26H31FN6O/c1-18(8-6-4-5-7-13-30-17-34)33(26(29)20-9-10-21(16-28)24(27)14-20)22-11-12-25-23(15-22)19(2)32(3)31-25/h9-12,14-15,17-18,29H,4-8,13H2,1-3H3,(H,30,34). The fourth-order valence-electron chi connectivity index (χ4n) is 4.17. The Balaban J connectivity index is 1.86. The van der Waals surface area contributed by atoms with E-state index in [0.29, 0.717) is 12.1 Å². The lowest BCUT2D eigenvalue weighted by Gasteiger charge is -2.32. The third-order valence-electron chi connectivity index (χ3n) is 6.21. The van der Waals surface area contributed by atoms with E-state index in [-0.39, 0.29) is 17.4 Å². The number of halogens is 1. The van der Waals surface area contributed by atoms with Gasteiger partial charge in [-0.05, 0) is 63.1 Å². The van der Waals surface area contributed by atoms with Crippen LogP contribution in [0.2, 0.25) is 0 Å². The van der Waals surface area contributed by atoms with Gasteiger partial charge >= 0.3 is 0 Å². The predicted octanol–water partition coefficient (Wildman–Crippen LogP) is 4.81. The number of carbonyl (C=O) groups excluding carboxylic acids is 1. The third kappa shape index (κ3) is 5.60. The number of hydrogen-bond acceptors (Lipinski definition) is 4. The zero-order valence-electron chi connectivity index (χ0n) is 19.9. The molecule has 178 valence electrons. The summed E-state index contributed by atoms with van der Waals surface area (Å²) in [6, 6.07) is 12.1. The van der Waals surface area contributed by atoms with Gasteiger partial charge in [0.05, 0.1) is 11.1 Å². The fourth-order valence-corrected chi connectivity index (χ4v) is 4.17. The van der Waals surface area contributed by atoms with Crippen molar-refractivity contribution >= 4 is 28.8 Å². The van der Waals surface area contributed by atoms with Crippen molar-refractivity contribution in [1.82, 2.24) is 15.1 Å². The molecule has 0 saturated carbocycles. The van der Waals surface area contributed by atoms with Crippen LogP contribution in [0.3, 0.4) is 0 Å². The number of aryl methyl sites for hydroxylation is 2. The van der Waals surface area contributed by atoms with Gasteiger partial charge in [-0.3, -0.25) is 14.9 Å². The SMILES string of the molecule is Cc1c2cc(N(C(=N)c3ccc(C#N)c(F)c3)C(C)CCCCCCNC=O)ccc2nn1C. The maximum absolute atomic E-state index is 14.3. The third-order valence-corrected chi connectivity index (χ3v) is 6.21. The summed E-state index contributed by atoms with van der Waals surface area (Å²) >= 11 is 0. The summed E-state index contributed by atoms with van der Waals surface area (Å²) in [4.78, 5) is 12.3. The summed E-state index contributed by atoms with van der Waals surface area (Å²) in [5.41, 5.74) is 3.15. The van der Waals surface area contributed by atoms with E-state index in [0.717, 1.165) is 60.8 Å². The van der Waals surface area contributed by atoms with Crippen molar-refractivity contribution < 1.29 is 9.18 Å². The zero-order chi connectivity index (χ0) is 24.7. The molecule has 3 rings (SSSR count). The molecule has 1 heterocycles. The highest BCUT2D eigenvalue weighted by Gasteiger charge is 2.22. The second kappa shape index (κ2) is 11.4. The molecule has 1 amide bonds. The Kier molecular flexibility index (Phi) is 8.36. The van der Waals surface area contributed by atoms with Gasteiger partial charge < -0.3 is 10.2 Å². The minimum atomic E-state index is -0.625. The van der Waals surface area contributed by atoms with Gasteiger partial charge in [0.25, 0.3) is 0 Å². The number of nitrogens with zero attached hydrogens (tertiary/aromatic N) is 4. The molecule has 0 aliphatic rings. The topological polar surface area (TPSA) is 97.8 Å². The number of nitriles is 1. The van der Waals surface area contributed by atoms with Crippen LogP contribution in [-0.4, -0.2) is 34.6 Å². The number of nitrogens with one attached hydrogen (secondary N) is 2. The first-order valence-electron chi connectivity index (χ1n) is 11.6. The molecule has 0 bridgehead atoms. The molecule has 3 aromatic rings. The largest absolute Gasteiger partial charge is 0.359 e. The molecule has 2 aromatic carbocycles. The van der Waals surface area contributed by atoms with Crippen LogP contribution in [0.4, 0.5) is 10.1 Å². The molecule has 0 aliphatic heterocycles. The van der Waals surface area contributed by atoms with E-state index in [4.69, 9.17) is 10.7 Å². The first kappa shape index (κ1) is 24.9. The Labute approximate surface area is 199 Å². The molecule has 2 N–H and O–H groups in total. The highest BCUT2D eigenvalue weighted by atomic mass is 19.1. The van der Waals surface area contributed by atoms with Crippen molar-refractivity contribution in [2.75, 3.05) is 11.4 Å². The molecule has 0 radical (unpaired) electrons. The van der Waals surface area contributed by atoms with E-state index < -0.39 is 5.82 Å². The fraction of sp³-hybridized carbons (Fsp3) is 0.385. The van der Waals surface area contributed by atoms with Gasteiger partial charge in [0.1, 0.15) is 17.7 Å². The van der Waals surface area contributed by atoms with Gasteiger partial charge in [0.2, 0.25) is 6.41 Å². The van der Waals surface area contributed by atoms with Crippen LogP contribution in [0.5, 0.6) is 0 Å². The van der Waals surface area contributed by atoms with Crippen LogP contribution < -0.4 is 10.2 Å². The van der Waals surface area contributed by atoms with Crippen molar-refractivity contribution in [2.45, 2.75) is 52.0 Å². The second-order valence-corrected chi connectivity index (χ2v) is 8.56. The van der Waals surface area contributed by atoms with Crippen LogP contribution in [0.15, 0.2) is 36.4 Å². The van der Waals surface area contributed by atoms with Gasteiger partial charge in [0.15, 0.2) is 0 Å². The van der Waals surface area contributed by atoms with E-state index in [1.54, 1.807) is 6.07 Å². The van der Waals surface area contributed by atoms with Gasteiger partial charge in [-0.1, -0.05) is 19.3 Å². The average Bonchev–Trinajstić information content (AvgIpc) is 3.11. The Hall–Kier alpha value is -3.73. The molecular weight excluding hydrogens is 431 g/mol. The molecule has 7 nitrogen and oxygen atoms in total. The Morgan fingerprint density at radius 1 is 1.26 bits per heavy atom. The Bertz CT molecular complexity index is 1210. The quantitative estimate of drug-likeness (QED) is 0.185. The maximum atomic E-state index is 14.3. The van der Waals surface area contributed by atoms with E-state index in [1.807, 2.05) is 47.8 Å². The van der Waals surface area contributed by atoms with Crippen molar-refractivity contribution in [1.29, 1.82) is 10.7 Å². The number of fused-ring (bicyclic) bond motifs is 1. The maximum Gasteiger partial charge on any atom is 0.207 e. The van der Waals surface area contributed by atoms with Gasteiger partial charge in [-0.15, -0.1) is 0 Å². The molecule has 1 atom stereocenters. The molecule has 8 heteroatoms. The summed E-state index contributed by atoms with van der Waals surface area (Å²) < 4.78 is 16.2. The minimum absolute atomic E-state index is 0.00580. The molecular formula is C26H31FN6O.